The van der Waals surface area contributed by atoms with Crippen molar-refractivity contribution in [1.82, 2.24) is 10.6 Å². The maximum Gasteiger partial charge on any atom is 0.247 e. The zero-order valence-corrected chi connectivity index (χ0v) is 16.1. The second-order valence-electron chi connectivity index (χ2n) is 6.79. The molecule has 0 spiro atoms. The van der Waals surface area contributed by atoms with Gasteiger partial charge in [-0.2, -0.15) is 0 Å². The van der Waals surface area contributed by atoms with Gasteiger partial charge in [-0.05, 0) is 36.1 Å². The van der Waals surface area contributed by atoms with Crippen LogP contribution < -0.4 is 10.6 Å². The van der Waals surface area contributed by atoms with E-state index in [1.807, 2.05) is 69.3 Å². The molecule has 0 saturated carbocycles. The number of nitrogens with one attached hydrogen (secondary N) is 2. The molecular weight excluding hydrogens is 348 g/mol. The highest BCUT2D eigenvalue weighted by Gasteiger charge is 2.24. The standard InChI is InChI=1S/C21H25ClN2O2/c1-14(2)12-19(25)24-20(16-8-5-4-6-9-16)21(26)23-15(3)17-10-7-11-18(22)13-17/h4-11,13-15,20H,12H2,1-3H3,(H,23,26)(H,24,25). The molecule has 0 bridgehead atoms. The third-order valence-corrected chi connectivity index (χ3v) is 4.24. The van der Waals surface area contributed by atoms with Gasteiger partial charge in [0.1, 0.15) is 6.04 Å². The van der Waals surface area contributed by atoms with Gasteiger partial charge in [0, 0.05) is 11.4 Å². The summed E-state index contributed by atoms with van der Waals surface area (Å²) in [6, 6.07) is 15.7. The van der Waals surface area contributed by atoms with Crippen LogP contribution in [0.4, 0.5) is 0 Å². The highest BCUT2D eigenvalue weighted by atomic mass is 35.5. The minimum absolute atomic E-state index is 0.139. The number of benzene rings is 2. The number of hydrogen-bond acceptors (Lipinski definition) is 2. The summed E-state index contributed by atoms with van der Waals surface area (Å²) >= 11 is 6.03. The lowest BCUT2D eigenvalue weighted by Gasteiger charge is -2.22. The van der Waals surface area contributed by atoms with E-state index in [-0.39, 0.29) is 23.8 Å². The molecule has 26 heavy (non-hydrogen) atoms. The normalized spacial score (nSPS) is 13.1. The van der Waals surface area contributed by atoms with Crippen LogP contribution in [-0.4, -0.2) is 11.8 Å². The molecule has 0 aliphatic heterocycles. The summed E-state index contributed by atoms with van der Waals surface area (Å²) in [5.74, 6) is -0.167. The highest BCUT2D eigenvalue weighted by molar-refractivity contribution is 6.30. The Balaban J connectivity index is 2.16. The quantitative estimate of drug-likeness (QED) is 0.755. The van der Waals surface area contributed by atoms with Gasteiger partial charge in [0.05, 0.1) is 6.04 Å². The van der Waals surface area contributed by atoms with Crippen LogP contribution in [0.15, 0.2) is 54.6 Å². The van der Waals surface area contributed by atoms with Crippen molar-refractivity contribution in [2.75, 3.05) is 0 Å². The average Bonchev–Trinajstić information content (AvgIpc) is 2.59. The molecule has 0 aliphatic rings. The molecule has 4 nitrogen and oxygen atoms in total. The Labute approximate surface area is 159 Å². The molecule has 0 aliphatic carbocycles. The molecule has 0 heterocycles. The van der Waals surface area contributed by atoms with Gasteiger partial charge in [-0.1, -0.05) is 67.9 Å². The third kappa shape index (κ3) is 5.88. The predicted octanol–water partition coefficient (Wildman–Crippen LogP) is 4.42. The van der Waals surface area contributed by atoms with E-state index in [0.29, 0.717) is 11.4 Å². The van der Waals surface area contributed by atoms with Crippen molar-refractivity contribution in [3.8, 4) is 0 Å². The zero-order chi connectivity index (χ0) is 19.1. The van der Waals surface area contributed by atoms with Crippen molar-refractivity contribution >= 4 is 23.4 Å². The minimum Gasteiger partial charge on any atom is -0.347 e. The van der Waals surface area contributed by atoms with Gasteiger partial charge in [0.15, 0.2) is 0 Å². The first kappa shape index (κ1) is 20.0. The van der Waals surface area contributed by atoms with E-state index in [1.165, 1.54) is 0 Å². The van der Waals surface area contributed by atoms with Crippen LogP contribution in [0.3, 0.4) is 0 Å². The lowest BCUT2D eigenvalue weighted by molar-refractivity contribution is -0.130. The van der Waals surface area contributed by atoms with Crippen LogP contribution in [0.2, 0.25) is 5.02 Å². The maximum absolute atomic E-state index is 12.9. The molecule has 2 aromatic rings. The van der Waals surface area contributed by atoms with Crippen LogP contribution in [0, 0.1) is 5.92 Å². The molecule has 0 aromatic heterocycles. The molecule has 2 unspecified atom stereocenters. The third-order valence-electron chi connectivity index (χ3n) is 4.00. The number of halogens is 1. The maximum atomic E-state index is 12.9. The molecule has 2 amide bonds. The number of carbonyl (C=O) groups is 2. The Hall–Kier alpha value is -2.33. The monoisotopic (exact) mass is 372 g/mol. The number of amides is 2. The van der Waals surface area contributed by atoms with Crippen molar-refractivity contribution in [2.45, 2.75) is 39.3 Å². The van der Waals surface area contributed by atoms with E-state index in [4.69, 9.17) is 11.6 Å². The second kappa shape index (κ2) is 9.39. The fourth-order valence-corrected chi connectivity index (χ4v) is 2.89. The Morgan fingerprint density at radius 3 is 2.19 bits per heavy atom. The Morgan fingerprint density at radius 2 is 1.58 bits per heavy atom. The van der Waals surface area contributed by atoms with Crippen molar-refractivity contribution in [1.29, 1.82) is 0 Å². The van der Waals surface area contributed by atoms with Crippen LogP contribution in [0.25, 0.3) is 0 Å². The molecule has 2 atom stereocenters. The van der Waals surface area contributed by atoms with Crippen LogP contribution in [0.1, 0.15) is 50.4 Å². The highest BCUT2D eigenvalue weighted by Crippen LogP contribution is 2.20. The summed E-state index contributed by atoms with van der Waals surface area (Å²) in [6.07, 6.45) is 0.375. The van der Waals surface area contributed by atoms with E-state index in [2.05, 4.69) is 10.6 Å². The average molecular weight is 373 g/mol. The molecule has 138 valence electrons. The molecule has 2 rings (SSSR count). The second-order valence-corrected chi connectivity index (χ2v) is 7.23. The zero-order valence-electron chi connectivity index (χ0n) is 15.3. The van der Waals surface area contributed by atoms with Gasteiger partial charge < -0.3 is 10.6 Å². The van der Waals surface area contributed by atoms with E-state index in [9.17, 15) is 9.59 Å². The van der Waals surface area contributed by atoms with Crippen molar-refractivity contribution in [2.24, 2.45) is 5.92 Å². The Morgan fingerprint density at radius 1 is 0.923 bits per heavy atom. The van der Waals surface area contributed by atoms with Crippen molar-refractivity contribution in [3.05, 3.63) is 70.7 Å². The fourth-order valence-electron chi connectivity index (χ4n) is 2.69. The summed E-state index contributed by atoms with van der Waals surface area (Å²) in [7, 11) is 0. The van der Waals surface area contributed by atoms with E-state index < -0.39 is 6.04 Å². The van der Waals surface area contributed by atoms with Crippen LogP contribution in [0.5, 0.6) is 0 Å². The molecule has 0 radical (unpaired) electrons. The fraction of sp³-hybridized carbons (Fsp3) is 0.333. The van der Waals surface area contributed by atoms with Gasteiger partial charge in [0.2, 0.25) is 11.8 Å². The van der Waals surface area contributed by atoms with E-state index in [0.717, 1.165) is 11.1 Å². The van der Waals surface area contributed by atoms with Crippen molar-refractivity contribution in [3.63, 3.8) is 0 Å². The molecular formula is C21H25ClN2O2. The molecule has 2 N–H and O–H groups in total. The summed E-state index contributed by atoms with van der Waals surface area (Å²) < 4.78 is 0. The van der Waals surface area contributed by atoms with Crippen LogP contribution in [-0.2, 0) is 9.59 Å². The van der Waals surface area contributed by atoms with Gasteiger partial charge in [-0.15, -0.1) is 0 Å². The Kier molecular flexibility index (Phi) is 7.22. The topological polar surface area (TPSA) is 58.2 Å². The SMILES string of the molecule is CC(C)CC(=O)NC(C(=O)NC(C)c1cccc(Cl)c1)c1ccccc1. The minimum atomic E-state index is -0.732. The lowest BCUT2D eigenvalue weighted by Crippen LogP contribution is -2.41. The molecule has 5 heteroatoms. The summed E-state index contributed by atoms with van der Waals surface area (Å²) in [4.78, 5) is 25.1. The lowest BCUT2D eigenvalue weighted by atomic mass is 10.0. The van der Waals surface area contributed by atoms with Crippen molar-refractivity contribution < 1.29 is 9.59 Å². The first-order chi connectivity index (χ1) is 12.4. The van der Waals surface area contributed by atoms with Crippen LogP contribution >= 0.6 is 11.6 Å². The number of hydrogen-bond donors (Lipinski definition) is 2. The predicted molar refractivity (Wildman–Crippen MR) is 105 cm³/mol. The summed E-state index contributed by atoms with van der Waals surface area (Å²) in [5, 5.41) is 6.44. The Bertz CT molecular complexity index is 747. The van der Waals surface area contributed by atoms with Gasteiger partial charge >= 0.3 is 0 Å². The number of rotatable bonds is 7. The van der Waals surface area contributed by atoms with Gasteiger partial charge in [-0.25, -0.2) is 0 Å². The summed E-state index contributed by atoms with van der Waals surface area (Å²) in [5.41, 5.74) is 1.66. The van der Waals surface area contributed by atoms with E-state index in [1.54, 1.807) is 6.07 Å². The summed E-state index contributed by atoms with van der Waals surface area (Å²) in [6.45, 7) is 5.83. The first-order valence-corrected chi connectivity index (χ1v) is 9.14. The first-order valence-electron chi connectivity index (χ1n) is 8.77. The molecule has 0 saturated heterocycles. The van der Waals surface area contributed by atoms with Gasteiger partial charge in [-0.3, -0.25) is 9.59 Å². The largest absolute Gasteiger partial charge is 0.347 e. The van der Waals surface area contributed by atoms with Gasteiger partial charge in [0.25, 0.3) is 0 Å². The smallest absolute Gasteiger partial charge is 0.247 e. The molecule has 2 aromatic carbocycles. The molecule has 0 fully saturated rings. The van der Waals surface area contributed by atoms with E-state index >= 15 is 0 Å². The number of carbonyl (C=O) groups excluding carboxylic acids is 2.